The summed E-state index contributed by atoms with van der Waals surface area (Å²) < 4.78 is 2.24. The summed E-state index contributed by atoms with van der Waals surface area (Å²) in [6.45, 7) is 2.88. The van der Waals surface area contributed by atoms with Gasteiger partial charge >= 0.3 is 0 Å². The van der Waals surface area contributed by atoms with Crippen molar-refractivity contribution >= 4 is 31.9 Å². The molecule has 0 aromatic heterocycles. The maximum atomic E-state index is 3.53. The van der Waals surface area contributed by atoms with Gasteiger partial charge in [0.15, 0.2) is 0 Å². The minimum Gasteiger partial charge on any atom is -0.318 e. The van der Waals surface area contributed by atoms with Crippen molar-refractivity contribution in [2.45, 2.75) is 6.54 Å². The molecule has 14 heavy (non-hydrogen) atoms. The van der Waals surface area contributed by atoms with Gasteiger partial charge in [0.25, 0.3) is 0 Å². The van der Waals surface area contributed by atoms with Gasteiger partial charge in [-0.2, -0.15) is 0 Å². The summed E-state index contributed by atoms with van der Waals surface area (Å²) in [7, 11) is 1.96. The normalized spacial score (nSPS) is 10.5. The topological polar surface area (TPSA) is 24.1 Å². The molecule has 0 fully saturated rings. The van der Waals surface area contributed by atoms with Gasteiger partial charge in [0.05, 0.1) is 0 Å². The maximum absolute atomic E-state index is 3.53. The van der Waals surface area contributed by atoms with Gasteiger partial charge in [-0.25, -0.2) is 0 Å². The van der Waals surface area contributed by atoms with Crippen molar-refractivity contribution in [3.8, 4) is 0 Å². The fourth-order valence-electron chi connectivity index (χ4n) is 1.10. The Morgan fingerprint density at radius 1 is 1.21 bits per heavy atom. The van der Waals surface area contributed by atoms with Gasteiger partial charge in [-0.1, -0.05) is 37.9 Å². The zero-order valence-corrected chi connectivity index (χ0v) is 11.3. The van der Waals surface area contributed by atoms with Crippen molar-refractivity contribution < 1.29 is 0 Å². The van der Waals surface area contributed by atoms with E-state index in [1.165, 1.54) is 5.56 Å². The highest BCUT2D eigenvalue weighted by Crippen LogP contribution is 2.21. The number of hydrogen-bond donors (Lipinski definition) is 2. The van der Waals surface area contributed by atoms with Gasteiger partial charge in [0, 0.05) is 28.6 Å². The van der Waals surface area contributed by atoms with Crippen LogP contribution in [0.15, 0.2) is 27.1 Å². The van der Waals surface area contributed by atoms with Gasteiger partial charge in [-0.15, -0.1) is 0 Å². The maximum Gasteiger partial charge on any atom is 0.0231 e. The summed E-state index contributed by atoms with van der Waals surface area (Å²) in [5, 5.41) is 6.45. The van der Waals surface area contributed by atoms with E-state index in [2.05, 4.69) is 60.7 Å². The Bertz CT molecular complexity index is 289. The summed E-state index contributed by atoms with van der Waals surface area (Å²) in [6.07, 6.45) is 0. The third-order valence-corrected chi connectivity index (χ3v) is 3.11. The molecule has 1 aromatic rings. The standard InChI is InChI=1S/C10H14Br2N2/c1-13-4-5-14-7-8-2-3-9(11)6-10(8)12/h2-3,6,13-14H,4-5,7H2,1H3. The van der Waals surface area contributed by atoms with Crippen LogP contribution >= 0.6 is 31.9 Å². The molecule has 0 saturated carbocycles. The lowest BCUT2D eigenvalue weighted by molar-refractivity contribution is 0.649. The highest BCUT2D eigenvalue weighted by atomic mass is 79.9. The molecule has 1 rings (SSSR count). The molecular weight excluding hydrogens is 308 g/mol. The van der Waals surface area contributed by atoms with Crippen LogP contribution in [0.3, 0.4) is 0 Å². The largest absolute Gasteiger partial charge is 0.318 e. The van der Waals surface area contributed by atoms with E-state index in [0.29, 0.717) is 0 Å². The summed E-state index contributed by atoms with van der Waals surface area (Å²) in [5.41, 5.74) is 1.28. The average Bonchev–Trinajstić information content (AvgIpc) is 2.15. The summed E-state index contributed by atoms with van der Waals surface area (Å²) in [6, 6.07) is 6.23. The SMILES string of the molecule is CNCCNCc1ccc(Br)cc1Br. The van der Waals surface area contributed by atoms with Crippen molar-refractivity contribution in [2.75, 3.05) is 20.1 Å². The minimum atomic E-state index is 0.898. The van der Waals surface area contributed by atoms with E-state index in [1.807, 2.05) is 7.05 Å². The van der Waals surface area contributed by atoms with Gasteiger partial charge in [-0.3, -0.25) is 0 Å². The first-order valence-electron chi connectivity index (χ1n) is 4.53. The Hall–Kier alpha value is 0.1000. The van der Waals surface area contributed by atoms with Crippen molar-refractivity contribution in [3.63, 3.8) is 0 Å². The Balaban J connectivity index is 2.42. The van der Waals surface area contributed by atoms with Crippen LogP contribution in [0.2, 0.25) is 0 Å². The van der Waals surface area contributed by atoms with Crippen LogP contribution in [0.25, 0.3) is 0 Å². The lowest BCUT2D eigenvalue weighted by atomic mass is 10.2. The van der Waals surface area contributed by atoms with E-state index in [4.69, 9.17) is 0 Å². The van der Waals surface area contributed by atoms with Crippen LogP contribution in [-0.4, -0.2) is 20.1 Å². The number of rotatable bonds is 5. The van der Waals surface area contributed by atoms with Crippen molar-refractivity contribution in [2.24, 2.45) is 0 Å². The monoisotopic (exact) mass is 320 g/mol. The van der Waals surface area contributed by atoms with Crippen LogP contribution in [0.1, 0.15) is 5.56 Å². The molecule has 0 aliphatic rings. The van der Waals surface area contributed by atoms with Gasteiger partial charge in [0.2, 0.25) is 0 Å². The number of likely N-dealkylation sites (N-methyl/N-ethyl adjacent to an activating group) is 1. The first-order valence-corrected chi connectivity index (χ1v) is 6.12. The Morgan fingerprint density at radius 2 is 2.00 bits per heavy atom. The smallest absolute Gasteiger partial charge is 0.0231 e. The van der Waals surface area contributed by atoms with Crippen LogP contribution in [0.5, 0.6) is 0 Å². The molecule has 0 bridgehead atoms. The molecule has 4 heteroatoms. The molecule has 0 radical (unpaired) electrons. The summed E-state index contributed by atoms with van der Waals surface area (Å²) >= 11 is 6.96. The molecule has 1 aromatic carbocycles. The fraction of sp³-hybridized carbons (Fsp3) is 0.400. The molecule has 0 atom stereocenters. The second kappa shape index (κ2) is 6.56. The Morgan fingerprint density at radius 3 is 2.64 bits per heavy atom. The minimum absolute atomic E-state index is 0.898. The van der Waals surface area contributed by atoms with E-state index in [1.54, 1.807) is 0 Å². The summed E-state index contributed by atoms with van der Waals surface area (Å²) in [4.78, 5) is 0. The number of hydrogen-bond acceptors (Lipinski definition) is 2. The van der Waals surface area contributed by atoms with Crippen LogP contribution in [0.4, 0.5) is 0 Å². The molecule has 78 valence electrons. The molecule has 0 aliphatic heterocycles. The van der Waals surface area contributed by atoms with Crippen LogP contribution in [0, 0.1) is 0 Å². The van der Waals surface area contributed by atoms with E-state index >= 15 is 0 Å². The van der Waals surface area contributed by atoms with Gasteiger partial charge < -0.3 is 10.6 Å². The summed E-state index contributed by atoms with van der Waals surface area (Å²) in [5.74, 6) is 0. The van der Waals surface area contributed by atoms with Gasteiger partial charge in [-0.05, 0) is 24.7 Å². The fourth-order valence-corrected chi connectivity index (χ4v) is 2.29. The van der Waals surface area contributed by atoms with Gasteiger partial charge in [0.1, 0.15) is 0 Å². The van der Waals surface area contributed by atoms with E-state index in [0.717, 1.165) is 28.6 Å². The molecule has 0 aliphatic carbocycles. The molecule has 0 saturated heterocycles. The highest BCUT2D eigenvalue weighted by Gasteiger charge is 1.99. The van der Waals surface area contributed by atoms with Crippen molar-refractivity contribution in [3.05, 3.63) is 32.7 Å². The first kappa shape index (κ1) is 12.2. The molecule has 2 N–H and O–H groups in total. The third-order valence-electron chi connectivity index (χ3n) is 1.88. The lowest BCUT2D eigenvalue weighted by Crippen LogP contribution is -2.24. The molecular formula is C10H14Br2N2. The Labute approximate surface area is 102 Å². The number of benzene rings is 1. The molecule has 0 amide bonds. The zero-order chi connectivity index (χ0) is 10.4. The number of halogens is 2. The highest BCUT2D eigenvalue weighted by molar-refractivity contribution is 9.11. The second-order valence-electron chi connectivity index (χ2n) is 3.02. The first-order chi connectivity index (χ1) is 6.74. The van der Waals surface area contributed by atoms with Crippen molar-refractivity contribution in [1.29, 1.82) is 0 Å². The average molecular weight is 322 g/mol. The predicted octanol–water partition coefficient (Wildman–Crippen LogP) is 2.52. The zero-order valence-electron chi connectivity index (χ0n) is 8.11. The van der Waals surface area contributed by atoms with E-state index < -0.39 is 0 Å². The number of nitrogens with one attached hydrogen (secondary N) is 2. The lowest BCUT2D eigenvalue weighted by Gasteiger charge is -2.06. The molecule has 2 nitrogen and oxygen atoms in total. The van der Waals surface area contributed by atoms with E-state index in [-0.39, 0.29) is 0 Å². The molecule has 0 spiro atoms. The quantitative estimate of drug-likeness (QED) is 0.814. The van der Waals surface area contributed by atoms with Crippen LogP contribution in [-0.2, 0) is 6.54 Å². The van der Waals surface area contributed by atoms with E-state index in [9.17, 15) is 0 Å². The predicted molar refractivity (Wildman–Crippen MR) is 67.5 cm³/mol. The third kappa shape index (κ3) is 4.09. The molecule has 0 unspecified atom stereocenters. The second-order valence-corrected chi connectivity index (χ2v) is 4.79. The Kier molecular flexibility index (Phi) is 5.70. The van der Waals surface area contributed by atoms with Crippen LogP contribution < -0.4 is 10.6 Å². The van der Waals surface area contributed by atoms with Crippen molar-refractivity contribution in [1.82, 2.24) is 10.6 Å². The molecule has 0 heterocycles.